The molecule has 0 N–H and O–H groups in total. The number of hydrogen-bond acceptors (Lipinski definition) is 4. The van der Waals surface area contributed by atoms with Gasteiger partial charge in [-0.05, 0) is 24.6 Å². The van der Waals surface area contributed by atoms with Crippen molar-refractivity contribution in [1.82, 2.24) is 4.98 Å². The van der Waals surface area contributed by atoms with Crippen molar-refractivity contribution < 1.29 is 9.66 Å². The summed E-state index contributed by atoms with van der Waals surface area (Å²) in [5.41, 5.74) is 0.822. The number of hydrogen-bond donors (Lipinski definition) is 0. The summed E-state index contributed by atoms with van der Waals surface area (Å²) in [7, 11) is 0. The lowest BCUT2D eigenvalue weighted by Gasteiger charge is -2.06. The maximum atomic E-state index is 10.7. The number of rotatable bonds is 3. The molecule has 17 heavy (non-hydrogen) atoms. The molecule has 0 atom stereocenters. The Morgan fingerprint density at radius 1 is 1.29 bits per heavy atom. The van der Waals surface area contributed by atoms with E-state index in [1.807, 2.05) is 6.92 Å². The molecular formula is C12H10N2O3. The van der Waals surface area contributed by atoms with Gasteiger partial charge >= 0.3 is 0 Å². The van der Waals surface area contributed by atoms with Crippen molar-refractivity contribution in [3.05, 3.63) is 58.3 Å². The number of nitro groups is 1. The van der Waals surface area contributed by atoms with Crippen LogP contribution in [0.5, 0.6) is 11.6 Å². The number of nitro benzene ring substituents is 1. The average molecular weight is 230 g/mol. The summed E-state index contributed by atoms with van der Waals surface area (Å²) in [6, 6.07) is 9.74. The lowest BCUT2D eigenvalue weighted by atomic mass is 10.2. The molecule has 1 aromatic heterocycles. The summed E-state index contributed by atoms with van der Waals surface area (Å²) >= 11 is 0. The Hall–Kier alpha value is -2.43. The number of non-ortho nitro benzene ring substituents is 1. The van der Waals surface area contributed by atoms with Crippen LogP contribution in [0.4, 0.5) is 5.69 Å². The van der Waals surface area contributed by atoms with E-state index in [0.717, 1.165) is 5.56 Å². The summed E-state index contributed by atoms with van der Waals surface area (Å²) in [6.07, 6.45) is 1.60. The van der Waals surface area contributed by atoms with Crippen molar-refractivity contribution in [2.45, 2.75) is 6.92 Å². The van der Waals surface area contributed by atoms with E-state index in [1.54, 1.807) is 30.5 Å². The fourth-order valence-electron chi connectivity index (χ4n) is 1.33. The fourth-order valence-corrected chi connectivity index (χ4v) is 1.33. The summed E-state index contributed by atoms with van der Waals surface area (Å²) in [5, 5.41) is 10.7. The highest BCUT2D eigenvalue weighted by molar-refractivity contribution is 5.44. The second kappa shape index (κ2) is 4.61. The van der Waals surface area contributed by atoms with Crippen LogP contribution in [0.1, 0.15) is 5.56 Å². The number of pyridine rings is 1. The quantitative estimate of drug-likeness (QED) is 0.600. The minimum absolute atomic E-state index is 0.00142. The van der Waals surface area contributed by atoms with Gasteiger partial charge in [-0.2, -0.15) is 0 Å². The number of ether oxygens (including phenoxy) is 1. The molecule has 0 aliphatic carbocycles. The highest BCUT2D eigenvalue weighted by Crippen LogP contribution is 2.27. The number of benzene rings is 1. The van der Waals surface area contributed by atoms with Crippen molar-refractivity contribution in [1.29, 1.82) is 0 Å². The largest absolute Gasteiger partial charge is 0.439 e. The maximum absolute atomic E-state index is 10.7. The SMILES string of the molecule is Cc1ccc([N+](=O)[O-])cc1Oc1ccccn1. The minimum atomic E-state index is -0.454. The van der Waals surface area contributed by atoms with Crippen molar-refractivity contribution in [3.63, 3.8) is 0 Å². The van der Waals surface area contributed by atoms with E-state index in [1.165, 1.54) is 12.1 Å². The summed E-state index contributed by atoms with van der Waals surface area (Å²) in [6.45, 7) is 1.82. The van der Waals surface area contributed by atoms with E-state index < -0.39 is 4.92 Å². The third-order valence-corrected chi connectivity index (χ3v) is 2.23. The molecule has 0 unspecified atom stereocenters. The fraction of sp³-hybridized carbons (Fsp3) is 0.0833. The van der Waals surface area contributed by atoms with Crippen LogP contribution in [0.25, 0.3) is 0 Å². The van der Waals surface area contributed by atoms with Gasteiger partial charge in [0.25, 0.3) is 5.69 Å². The highest BCUT2D eigenvalue weighted by Gasteiger charge is 2.10. The third-order valence-electron chi connectivity index (χ3n) is 2.23. The van der Waals surface area contributed by atoms with Gasteiger partial charge in [0.05, 0.1) is 11.0 Å². The smallest absolute Gasteiger partial charge is 0.273 e. The van der Waals surface area contributed by atoms with E-state index in [4.69, 9.17) is 4.74 Å². The zero-order valence-corrected chi connectivity index (χ0v) is 9.16. The molecule has 1 aromatic carbocycles. The second-order valence-corrected chi connectivity index (χ2v) is 3.48. The van der Waals surface area contributed by atoms with Crippen LogP contribution < -0.4 is 4.74 Å². The summed E-state index contributed by atoms with van der Waals surface area (Å²) in [4.78, 5) is 14.2. The van der Waals surface area contributed by atoms with Crippen LogP contribution >= 0.6 is 0 Å². The van der Waals surface area contributed by atoms with Crippen LogP contribution in [0, 0.1) is 17.0 Å². The van der Waals surface area contributed by atoms with Gasteiger partial charge < -0.3 is 4.74 Å². The summed E-state index contributed by atoms with van der Waals surface area (Å²) in [5.74, 6) is 0.856. The maximum Gasteiger partial charge on any atom is 0.273 e. The van der Waals surface area contributed by atoms with E-state index >= 15 is 0 Å². The van der Waals surface area contributed by atoms with Crippen LogP contribution in [0.15, 0.2) is 42.6 Å². The lowest BCUT2D eigenvalue weighted by molar-refractivity contribution is -0.384. The molecule has 86 valence electrons. The molecule has 1 heterocycles. The van der Waals surface area contributed by atoms with Gasteiger partial charge in [0.15, 0.2) is 0 Å². The van der Waals surface area contributed by atoms with Crippen LogP contribution in [0.2, 0.25) is 0 Å². The van der Waals surface area contributed by atoms with Gasteiger partial charge in [0, 0.05) is 18.3 Å². The van der Waals surface area contributed by atoms with E-state index in [2.05, 4.69) is 4.98 Å². The standard InChI is InChI=1S/C12H10N2O3/c1-9-5-6-10(14(15)16)8-11(9)17-12-4-2-3-7-13-12/h2-8H,1H3. The predicted molar refractivity (Wildman–Crippen MR) is 62.1 cm³/mol. The van der Waals surface area contributed by atoms with Crippen molar-refractivity contribution in [3.8, 4) is 11.6 Å². The monoisotopic (exact) mass is 230 g/mol. The van der Waals surface area contributed by atoms with Gasteiger partial charge in [0.1, 0.15) is 5.75 Å². The zero-order valence-electron chi connectivity index (χ0n) is 9.16. The Morgan fingerprint density at radius 3 is 2.76 bits per heavy atom. The second-order valence-electron chi connectivity index (χ2n) is 3.48. The molecule has 0 aliphatic rings. The van der Waals surface area contributed by atoms with Crippen LogP contribution in [-0.2, 0) is 0 Å². The Bertz CT molecular complexity index is 541. The zero-order chi connectivity index (χ0) is 12.3. The molecular weight excluding hydrogens is 220 g/mol. The van der Waals surface area contributed by atoms with E-state index in [9.17, 15) is 10.1 Å². The van der Waals surface area contributed by atoms with Crippen molar-refractivity contribution in [2.75, 3.05) is 0 Å². The molecule has 2 rings (SSSR count). The molecule has 5 heteroatoms. The molecule has 0 fully saturated rings. The topological polar surface area (TPSA) is 65.3 Å². The Balaban J connectivity index is 2.32. The van der Waals surface area contributed by atoms with Crippen molar-refractivity contribution >= 4 is 5.69 Å². The normalized spacial score (nSPS) is 9.94. The van der Waals surface area contributed by atoms with Gasteiger partial charge in [-0.1, -0.05) is 6.07 Å². The number of aromatic nitrogens is 1. The Labute approximate surface area is 97.8 Å². The highest BCUT2D eigenvalue weighted by atomic mass is 16.6. The molecule has 2 aromatic rings. The average Bonchev–Trinajstić information content (AvgIpc) is 2.33. The van der Waals surface area contributed by atoms with Gasteiger partial charge in [-0.15, -0.1) is 0 Å². The predicted octanol–water partition coefficient (Wildman–Crippen LogP) is 3.09. The number of aryl methyl sites for hydroxylation is 1. The Morgan fingerprint density at radius 2 is 2.12 bits per heavy atom. The van der Waals surface area contributed by atoms with Gasteiger partial charge in [0.2, 0.25) is 5.88 Å². The van der Waals surface area contributed by atoms with Gasteiger partial charge in [-0.3, -0.25) is 10.1 Å². The first kappa shape index (κ1) is 11.1. The summed E-state index contributed by atoms with van der Waals surface area (Å²) < 4.78 is 5.48. The van der Waals surface area contributed by atoms with Gasteiger partial charge in [-0.25, -0.2) is 4.98 Å². The Kier molecular flexibility index (Phi) is 3.00. The lowest BCUT2D eigenvalue weighted by Crippen LogP contribution is -1.93. The van der Waals surface area contributed by atoms with Crippen molar-refractivity contribution in [2.24, 2.45) is 0 Å². The van der Waals surface area contributed by atoms with E-state index in [-0.39, 0.29) is 5.69 Å². The molecule has 0 amide bonds. The third kappa shape index (κ3) is 2.57. The molecule has 0 aliphatic heterocycles. The van der Waals surface area contributed by atoms with E-state index in [0.29, 0.717) is 11.6 Å². The van der Waals surface area contributed by atoms with Crippen LogP contribution in [0.3, 0.4) is 0 Å². The molecule has 0 saturated carbocycles. The van der Waals surface area contributed by atoms with Crippen LogP contribution in [-0.4, -0.2) is 9.91 Å². The molecule has 0 bridgehead atoms. The molecule has 5 nitrogen and oxygen atoms in total. The molecule has 0 saturated heterocycles. The molecule has 0 spiro atoms. The molecule has 0 radical (unpaired) electrons. The minimum Gasteiger partial charge on any atom is -0.439 e. The first-order valence-electron chi connectivity index (χ1n) is 5.01. The first-order valence-corrected chi connectivity index (χ1v) is 5.01. The number of nitrogens with zero attached hydrogens (tertiary/aromatic N) is 2. The first-order chi connectivity index (χ1) is 8.16.